The van der Waals surface area contributed by atoms with Crippen LogP contribution in [0.2, 0.25) is 0 Å². The average Bonchev–Trinajstić information content (AvgIpc) is 2.89. The standard InChI is InChI=1S/C16H20N2O3/c1-5-18(6-2)16(20)15(19)12-9-17-13-7-10(3)14(21-4)8-11(12)13/h7-9,17H,5-6H2,1-4H3. The molecule has 0 fully saturated rings. The van der Waals surface area contributed by atoms with Gasteiger partial charge in [-0.15, -0.1) is 0 Å². The number of hydrogen-bond donors (Lipinski definition) is 1. The maximum Gasteiger partial charge on any atom is 0.295 e. The van der Waals surface area contributed by atoms with E-state index in [4.69, 9.17) is 4.74 Å². The third kappa shape index (κ3) is 2.63. The van der Waals surface area contributed by atoms with E-state index in [-0.39, 0.29) is 0 Å². The number of aryl methyl sites for hydroxylation is 1. The van der Waals surface area contributed by atoms with E-state index in [2.05, 4.69) is 4.98 Å². The number of rotatable bonds is 5. The van der Waals surface area contributed by atoms with Gasteiger partial charge in [-0.05, 0) is 38.5 Å². The number of methoxy groups -OCH3 is 1. The van der Waals surface area contributed by atoms with Crippen LogP contribution < -0.4 is 4.74 Å². The summed E-state index contributed by atoms with van der Waals surface area (Å²) in [5.41, 5.74) is 2.19. The predicted molar refractivity (Wildman–Crippen MR) is 81.8 cm³/mol. The van der Waals surface area contributed by atoms with Gasteiger partial charge in [0.15, 0.2) is 0 Å². The Morgan fingerprint density at radius 2 is 1.90 bits per heavy atom. The van der Waals surface area contributed by atoms with Gasteiger partial charge in [0.1, 0.15) is 5.75 Å². The summed E-state index contributed by atoms with van der Waals surface area (Å²) in [6, 6.07) is 3.71. The average molecular weight is 288 g/mol. The van der Waals surface area contributed by atoms with Crippen molar-refractivity contribution < 1.29 is 14.3 Å². The fourth-order valence-corrected chi connectivity index (χ4v) is 2.44. The molecule has 5 heteroatoms. The number of ether oxygens (including phenoxy) is 1. The molecule has 0 aliphatic carbocycles. The first-order valence-corrected chi connectivity index (χ1v) is 7.02. The molecule has 0 spiro atoms. The lowest BCUT2D eigenvalue weighted by molar-refractivity contribution is -0.126. The second-order valence-corrected chi connectivity index (χ2v) is 4.88. The Balaban J connectivity index is 2.47. The lowest BCUT2D eigenvalue weighted by atomic mass is 10.1. The molecule has 21 heavy (non-hydrogen) atoms. The minimum atomic E-state index is -0.490. The zero-order valence-electron chi connectivity index (χ0n) is 12.8. The third-order valence-corrected chi connectivity index (χ3v) is 3.69. The largest absolute Gasteiger partial charge is 0.496 e. The highest BCUT2D eigenvalue weighted by Crippen LogP contribution is 2.27. The molecule has 0 radical (unpaired) electrons. The number of aromatic nitrogens is 1. The van der Waals surface area contributed by atoms with Crippen molar-refractivity contribution in [3.8, 4) is 5.75 Å². The highest BCUT2D eigenvalue weighted by atomic mass is 16.5. The quantitative estimate of drug-likeness (QED) is 0.679. The lowest BCUT2D eigenvalue weighted by Gasteiger charge is -2.17. The second-order valence-electron chi connectivity index (χ2n) is 4.88. The molecule has 1 heterocycles. The van der Waals surface area contributed by atoms with E-state index in [1.54, 1.807) is 19.4 Å². The van der Waals surface area contributed by atoms with Crippen molar-refractivity contribution in [1.82, 2.24) is 9.88 Å². The van der Waals surface area contributed by atoms with E-state index in [0.29, 0.717) is 29.8 Å². The molecule has 0 aliphatic heterocycles. The summed E-state index contributed by atoms with van der Waals surface area (Å²) < 4.78 is 5.29. The van der Waals surface area contributed by atoms with E-state index < -0.39 is 11.7 Å². The summed E-state index contributed by atoms with van der Waals surface area (Å²) in [5, 5.41) is 0.711. The summed E-state index contributed by atoms with van der Waals surface area (Å²) >= 11 is 0. The molecule has 0 unspecified atom stereocenters. The van der Waals surface area contributed by atoms with Crippen molar-refractivity contribution >= 4 is 22.6 Å². The number of Topliss-reactive ketones (excluding diaryl/α,β-unsaturated/α-hetero) is 1. The van der Waals surface area contributed by atoms with Crippen molar-refractivity contribution in [1.29, 1.82) is 0 Å². The van der Waals surface area contributed by atoms with Crippen LogP contribution in [0.15, 0.2) is 18.3 Å². The van der Waals surface area contributed by atoms with Crippen LogP contribution in [0.4, 0.5) is 0 Å². The van der Waals surface area contributed by atoms with E-state index in [0.717, 1.165) is 11.1 Å². The number of carbonyl (C=O) groups excluding carboxylic acids is 2. The van der Waals surface area contributed by atoms with Crippen LogP contribution in [0.5, 0.6) is 5.75 Å². The van der Waals surface area contributed by atoms with Gasteiger partial charge in [-0.25, -0.2) is 0 Å². The molecule has 1 amide bonds. The minimum Gasteiger partial charge on any atom is -0.496 e. The number of amides is 1. The molecule has 1 aromatic carbocycles. The Bertz CT molecular complexity index is 684. The van der Waals surface area contributed by atoms with Crippen LogP contribution in [0.1, 0.15) is 29.8 Å². The highest BCUT2D eigenvalue weighted by molar-refractivity contribution is 6.44. The molecule has 112 valence electrons. The number of likely N-dealkylation sites (N-methyl/N-ethyl adjacent to an activating group) is 1. The first-order valence-electron chi connectivity index (χ1n) is 7.02. The SMILES string of the molecule is CCN(CC)C(=O)C(=O)c1c[nH]c2cc(C)c(OC)cc12. The van der Waals surface area contributed by atoms with Crippen LogP contribution in [-0.4, -0.2) is 41.8 Å². The number of benzene rings is 1. The predicted octanol–water partition coefficient (Wildman–Crippen LogP) is 2.54. The summed E-state index contributed by atoms with van der Waals surface area (Å²) in [6.45, 7) is 6.69. The Labute approximate surface area is 123 Å². The first kappa shape index (κ1) is 15.1. The number of hydrogen-bond acceptors (Lipinski definition) is 3. The number of carbonyl (C=O) groups is 2. The zero-order chi connectivity index (χ0) is 15.6. The number of ketones is 1. The van der Waals surface area contributed by atoms with E-state index in [9.17, 15) is 9.59 Å². The third-order valence-electron chi connectivity index (χ3n) is 3.69. The molecule has 2 rings (SSSR count). The van der Waals surface area contributed by atoms with Crippen molar-refractivity contribution in [2.24, 2.45) is 0 Å². The smallest absolute Gasteiger partial charge is 0.295 e. The monoisotopic (exact) mass is 288 g/mol. The maximum atomic E-state index is 12.4. The molecule has 0 aliphatic rings. The van der Waals surface area contributed by atoms with Crippen LogP contribution in [0.25, 0.3) is 10.9 Å². The van der Waals surface area contributed by atoms with Crippen molar-refractivity contribution in [3.63, 3.8) is 0 Å². The molecule has 5 nitrogen and oxygen atoms in total. The lowest BCUT2D eigenvalue weighted by Crippen LogP contribution is -2.36. The van der Waals surface area contributed by atoms with Crippen molar-refractivity contribution in [3.05, 3.63) is 29.5 Å². The van der Waals surface area contributed by atoms with Gasteiger partial charge >= 0.3 is 0 Å². The summed E-state index contributed by atoms with van der Waals surface area (Å²) in [7, 11) is 1.59. The molecule has 1 aromatic heterocycles. The van der Waals surface area contributed by atoms with Gasteiger partial charge in [0.25, 0.3) is 11.7 Å². The molecule has 0 atom stereocenters. The highest BCUT2D eigenvalue weighted by Gasteiger charge is 2.24. The number of H-pyrrole nitrogens is 1. The Hall–Kier alpha value is -2.30. The Kier molecular flexibility index (Phi) is 4.31. The van der Waals surface area contributed by atoms with Crippen LogP contribution >= 0.6 is 0 Å². The van der Waals surface area contributed by atoms with Gasteiger partial charge in [-0.1, -0.05) is 0 Å². The second kappa shape index (κ2) is 5.99. The molecule has 0 saturated carbocycles. The fourth-order valence-electron chi connectivity index (χ4n) is 2.44. The first-order chi connectivity index (χ1) is 10.0. The zero-order valence-corrected chi connectivity index (χ0v) is 12.8. The van der Waals surface area contributed by atoms with E-state index in [1.807, 2.05) is 26.8 Å². The summed E-state index contributed by atoms with van der Waals surface area (Å²) in [4.78, 5) is 29.2. The Morgan fingerprint density at radius 3 is 2.48 bits per heavy atom. The topological polar surface area (TPSA) is 62.4 Å². The Morgan fingerprint density at radius 1 is 1.24 bits per heavy atom. The van der Waals surface area contributed by atoms with Gasteiger partial charge in [-0.3, -0.25) is 9.59 Å². The van der Waals surface area contributed by atoms with E-state index in [1.165, 1.54) is 4.90 Å². The number of nitrogens with one attached hydrogen (secondary N) is 1. The van der Waals surface area contributed by atoms with Gasteiger partial charge in [0.05, 0.1) is 12.7 Å². The van der Waals surface area contributed by atoms with Crippen molar-refractivity contribution in [2.75, 3.05) is 20.2 Å². The fraction of sp³-hybridized carbons (Fsp3) is 0.375. The van der Waals surface area contributed by atoms with Crippen LogP contribution in [0.3, 0.4) is 0 Å². The molecule has 0 saturated heterocycles. The number of fused-ring (bicyclic) bond motifs is 1. The van der Waals surface area contributed by atoms with Gasteiger partial charge < -0.3 is 14.6 Å². The van der Waals surface area contributed by atoms with Crippen LogP contribution in [0, 0.1) is 6.92 Å². The summed E-state index contributed by atoms with van der Waals surface area (Å²) in [5.74, 6) is -0.261. The molecule has 0 bridgehead atoms. The van der Waals surface area contributed by atoms with Crippen LogP contribution in [-0.2, 0) is 4.79 Å². The molecular formula is C16H20N2O3. The summed E-state index contributed by atoms with van der Waals surface area (Å²) in [6.07, 6.45) is 1.59. The normalized spacial score (nSPS) is 10.7. The molecule has 2 aromatic rings. The minimum absolute atomic E-state index is 0.389. The van der Waals surface area contributed by atoms with E-state index >= 15 is 0 Å². The maximum absolute atomic E-state index is 12.4. The molecule has 1 N–H and O–H groups in total. The number of aromatic amines is 1. The number of nitrogens with zero attached hydrogens (tertiary/aromatic N) is 1. The molecular weight excluding hydrogens is 268 g/mol. The van der Waals surface area contributed by atoms with Crippen molar-refractivity contribution in [2.45, 2.75) is 20.8 Å². The van der Waals surface area contributed by atoms with Gasteiger partial charge in [0, 0.05) is 30.2 Å². The van der Waals surface area contributed by atoms with Gasteiger partial charge in [0.2, 0.25) is 0 Å². The van der Waals surface area contributed by atoms with Gasteiger partial charge in [-0.2, -0.15) is 0 Å².